The van der Waals surface area contributed by atoms with E-state index in [1.54, 1.807) is 37.2 Å². The van der Waals surface area contributed by atoms with E-state index in [0.29, 0.717) is 60.8 Å². The number of likely N-dealkylation sites (N-methyl/N-ethyl adjacent to an activating group) is 2. The van der Waals surface area contributed by atoms with E-state index in [-0.39, 0.29) is 11.7 Å². The molecule has 2 aromatic carbocycles. The van der Waals surface area contributed by atoms with Gasteiger partial charge < -0.3 is 24.2 Å². The summed E-state index contributed by atoms with van der Waals surface area (Å²) in [5, 5.41) is 0. The van der Waals surface area contributed by atoms with Gasteiger partial charge in [-0.05, 0) is 45.3 Å². The van der Waals surface area contributed by atoms with Crippen molar-refractivity contribution in [3.8, 4) is 5.75 Å². The maximum atomic E-state index is 13.8. The van der Waals surface area contributed by atoms with Crippen molar-refractivity contribution in [2.24, 2.45) is 0 Å². The number of carbonyl (C=O) groups excluding carboxylic acids is 1. The van der Waals surface area contributed by atoms with Crippen LogP contribution >= 0.6 is 0 Å². The highest BCUT2D eigenvalue weighted by molar-refractivity contribution is 5.98. The number of hydrogen-bond acceptors (Lipinski definition) is 7. The van der Waals surface area contributed by atoms with Crippen molar-refractivity contribution in [3.05, 3.63) is 59.3 Å². The molecular formula is C26H31F2N5O3. The highest BCUT2D eigenvalue weighted by Crippen LogP contribution is 2.30. The number of anilines is 1. The summed E-state index contributed by atoms with van der Waals surface area (Å²) in [6.07, 6.45) is 1.08. The zero-order valence-corrected chi connectivity index (χ0v) is 21.0. The fourth-order valence-electron chi connectivity index (χ4n) is 4.00. The third kappa shape index (κ3) is 5.88. The first kappa shape index (κ1) is 25.7. The summed E-state index contributed by atoms with van der Waals surface area (Å²) in [7, 11) is 5.65. The van der Waals surface area contributed by atoms with E-state index in [0.717, 1.165) is 18.7 Å². The average Bonchev–Trinajstić information content (AvgIpc) is 2.88. The smallest absolute Gasteiger partial charge is 0.253 e. The second kappa shape index (κ2) is 11.1. The second-order valence-corrected chi connectivity index (χ2v) is 9.13. The summed E-state index contributed by atoms with van der Waals surface area (Å²) < 4.78 is 38.6. The molecule has 1 aliphatic rings. The molecule has 10 heteroatoms. The molecule has 0 bridgehead atoms. The van der Waals surface area contributed by atoms with Crippen molar-refractivity contribution in [3.63, 3.8) is 0 Å². The molecule has 0 aliphatic carbocycles. The predicted molar refractivity (Wildman–Crippen MR) is 133 cm³/mol. The van der Waals surface area contributed by atoms with Crippen LogP contribution in [0.4, 0.5) is 14.6 Å². The Morgan fingerprint density at radius 1 is 1.11 bits per heavy atom. The lowest BCUT2D eigenvalue weighted by molar-refractivity contribution is 0.0786. The molecule has 4 rings (SSSR count). The molecular weight excluding hydrogens is 468 g/mol. The maximum Gasteiger partial charge on any atom is 0.253 e. The molecule has 1 saturated heterocycles. The molecule has 36 heavy (non-hydrogen) atoms. The molecule has 1 fully saturated rings. The lowest BCUT2D eigenvalue weighted by atomic mass is 10.0. The van der Waals surface area contributed by atoms with Crippen LogP contribution in [-0.4, -0.2) is 86.2 Å². The van der Waals surface area contributed by atoms with Crippen molar-refractivity contribution in [1.29, 1.82) is 0 Å². The van der Waals surface area contributed by atoms with E-state index in [2.05, 4.69) is 9.88 Å². The molecule has 1 aromatic heterocycles. The number of ether oxygens (including phenoxy) is 2. The van der Waals surface area contributed by atoms with Gasteiger partial charge in [0.05, 0.1) is 30.4 Å². The van der Waals surface area contributed by atoms with Gasteiger partial charge in [0.25, 0.3) is 5.91 Å². The van der Waals surface area contributed by atoms with Gasteiger partial charge in [0.1, 0.15) is 17.7 Å². The van der Waals surface area contributed by atoms with Gasteiger partial charge in [0.2, 0.25) is 0 Å². The topological polar surface area (TPSA) is 71.0 Å². The maximum absolute atomic E-state index is 13.8. The zero-order chi connectivity index (χ0) is 25.8. The number of nitrogens with zero attached hydrogens (tertiary/aromatic N) is 5. The Labute approximate surface area is 209 Å². The summed E-state index contributed by atoms with van der Waals surface area (Å²) in [5.74, 6) is -1.22. The largest absolute Gasteiger partial charge is 0.486 e. The lowest BCUT2D eigenvalue weighted by Gasteiger charge is -2.28. The fraction of sp³-hybridized carbons (Fsp3) is 0.423. The first-order valence-electron chi connectivity index (χ1n) is 11.9. The minimum atomic E-state index is -0.995. The zero-order valence-electron chi connectivity index (χ0n) is 21.0. The Hall–Kier alpha value is -3.37. The second-order valence-electron chi connectivity index (χ2n) is 9.13. The minimum absolute atomic E-state index is 0.154. The summed E-state index contributed by atoms with van der Waals surface area (Å²) in [4.78, 5) is 28.5. The van der Waals surface area contributed by atoms with E-state index >= 15 is 0 Å². The third-order valence-electron chi connectivity index (χ3n) is 6.12. The first-order chi connectivity index (χ1) is 17.2. The summed E-state index contributed by atoms with van der Waals surface area (Å²) in [6, 6.07) is 6.87. The Bertz CT molecular complexity index is 1230. The Morgan fingerprint density at radius 3 is 2.56 bits per heavy atom. The standard InChI is InChI=1S/C26H31F2N5O3/c1-17(36-19-5-6-21(27)22(28)15-19)20-13-18(26(34)32(4)8-7-31(2)3)14-23-25(20)30-24(16-29-23)33-9-11-35-12-10-33/h5-6,13-17H,7-12H2,1-4H3. The van der Waals surface area contributed by atoms with Crippen LogP contribution in [0.25, 0.3) is 11.0 Å². The lowest BCUT2D eigenvalue weighted by Crippen LogP contribution is -2.36. The normalized spacial score (nSPS) is 14.8. The van der Waals surface area contributed by atoms with E-state index in [1.807, 2.05) is 19.0 Å². The molecule has 0 N–H and O–H groups in total. The van der Waals surface area contributed by atoms with Crippen molar-refractivity contribution in [2.45, 2.75) is 13.0 Å². The number of carbonyl (C=O) groups is 1. The molecule has 0 radical (unpaired) electrons. The van der Waals surface area contributed by atoms with Gasteiger partial charge in [-0.25, -0.2) is 13.8 Å². The number of fused-ring (bicyclic) bond motifs is 1. The molecule has 3 aromatic rings. The Morgan fingerprint density at radius 2 is 1.86 bits per heavy atom. The molecule has 1 unspecified atom stereocenters. The van der Waals surface area contributed by atoms with Crippen LogP contribution in [0.3, 0.4) is 0 Å². The van der Waals surface area contributed by atoms with Gasteiger partial charge >= 0.3 is 0 Å². The number of hydrogen-bond donors (Lipinski definition) is 0. The molecule has 1 atom stereocenters. The van der Waals surface area contributed by atoms with Crippen LogP contribution in [-0.2, 0) is 4.74 Å². The highest BCUT2D eigenvalue weighted by Gasteiger charge is 2.22. The van der Waals surface area contributed by atoms with Gasteiger partial charge in [0, 0.05) is 50.4 Å². The summed E-state index contributed by atoms with van der Waals surface area (Å²) >= 11 is 0. The molecule has 1 aliphatic heterocycles. The predicted octanol–water partition coefficient (Wildman–Crippen LogP) is 3.52. The number of halogens is 2. The number of morpholine rings is 1. The first-order valence-corrected chi connectivity index (χ1v) is 11.9. The summed E-state index contributed by atoms with van der Waals surface area (Å²) in [5.41, 5.74) is 2.22. The van der Waals surface area contributed by atoms with E-state index < -0.39 is 17.7 Å². The Kier molecular flexibility index (Phi) is 7.95. The van der Waals surface area contributed by atoms with Gasteiger partial charge in [-0.1, -0.05) is 0 Å². The van der Waals surface area contributed by atoms with Crippen LogP contribution in [0.15, 0.2) is 36.5 Å². The Balaban J connectivity index is 1.73. The van der Waals surface area contributed by atoms with Gasteiger partial charge in [-0.15, -0.1) is 0 Å². The monoisotopic (exact) mass is 499 g/mol. The quantitative estimate of drug-likeness (QED) is 0.470. The van der Waals surface area contributed by atoms with Crippen LogP contribution in [0, 0.1) is 11.6 Å². The van der Waals surface area contributed by atoms with Crippen molar-refractivity contribution >= 4 is 22.8 Å². The van der Waals surface area contributed by atoms with Gasteiger partial charge in [-0.3, -0.25) is 9.78 Å². The van der Waals surface area contributed by atoms with E-state index in [4.69, 9.17) is 14.5 Å². The van der Waals surface area contributed by atoms with E-state index in [9.17, 15) is 13.6 Å². The molecule has 1 amide bonds. The molecule has 8 nitrogen and oxygen atoms in total. The van der Waals surface area contributed by atoms with Crippen molar-refractivity contribution in [1.82, 2.24) is 19.8 Å². The van der Waals surface area contributed by atoms with Crippen LogP contribution in [0.2, 0.25) is 0 Å². The summed E-state index contributed by atoms with van der Waals surface area (Å²) in [6.45, 7) is 5.67. The van der Waals surface area contributed by atoms with E-state index in [1.165, 1.54) is 6.07 Å². The third-order valence-corrected chi connectivity index (χ3v) is 6.12. The highest BCUT2D eigenvalue weighted by atomic mass is 19.2. The molecule has 0 spiro atoms. The molecule has 0 saturated carbocycles. The fourth-order valence-corrected chi connectivity index (χ4v) is 4.00. The number of benzene rings is 2. The molecule has 2 heterocycles. The average molecular weight is 500 g/mol. The van der Waals surface area contributed by atoms with Crippen molar-refractivity contribution in [2.75, 3.05) is 65.4 Å². The van der Waals surface area contributed by atoms with Crippen LogP contribution < -0.4 is 9.64 Å². The van der Waals surface area contributed by atoms with Gasteiger partial charge in [0.15, 0.2) is 11.6 Å². The van der Waals surface area contributed by atoms with Crippen LogP contribution in [0.5, 0.6) is 5.75 Å². The number of rotatable bonds is 8. The SMILES string of the molecule is CC(Oc1ccc(F)c(F)c1)c1cc(C(=O)N(C)CCN(C)C)cc2ncc(N3CCOCC3)nc12. The molecule has 192 valence electrons. The van der Waals surface area contributed by atoms with Crippen LogP contribution in [0.1, 0.15) is 28.9 Å². The van der Waals surface area contributed by atoms with Gasteiger partial charge in [-0.2, -0.15) is 0 Å². The number of amides is 1. The number of aromatic nitrogens is 2. The van der Waals surface area contributed by atoms with Crippen molar-refractivity contribution < 1.29 is 23.0 Å². The minimum Gasteiger partial charge on any atom is -0.486 e.